The maximum absolute atomic E-state index is 13.4. The van der Waals surface area contributed by atoms with Crippen LogP contribution < -0.4 is 21.3 Å². The topological polar surface area (TPSA) is 177 Å². The van der Waals surface area contributed by atoms with Crippen LogP contribution in [-0.2, 0) is 32.0 Å². The molecule has 1 heterocycles. The molecule has 1 fully saturated rings. The van der Waals surface area contributed by atoms with Crippen molar-refractivity contribution in [3.63, 3.8) is 0 Å². The van der Waals surface area contributed by atoms with Gasteiger partial charge in [-0.25, -0.2) is 0 Å². The van der Waals surface area contributed by atoms with E-state index in [1.54, 1.807) is 24.3 Å². The minimum Gasteiger partial charge on any atom is -0.508 e. The Kier molecular flexibility index (Phi) is 9.45. The van der Waals surface area contributed by atoms with Gasteiger partial charge in [0, 0.05) is 12.8 Å². The molecule has 0 aromatic heterocycles. The van der Waals surface area contributed by atoms with Crippen LogP contribution in [0.5, 0.6) is 11.5 Å². The first-order chi connectivity index (χ1) is 17.6. The summed E-state index contributed by atoms with van der Waals surface area (Å²) < 4.78 is 0. The summed E-state index contributed by atoms with van der Waals surface area (Å²) in [6.07, 6.45) is 1.60. The third kappa shape index (κ3) is 8.21. The summed E-state index contributed by atoms with van der Waals surface area (Å²) in [5.74, 6) is -2.81. The molecule has 3 rings (SSSR count). The number of carbonyl (C=O) groups is 4. The first kappa shape index (κ1) is 27.5. The van der Waals surface area contributed by atoms with E-state index in [0.29, 0.717) is 24.1 Å². The number of hydrogen-bond donors (Lipinski definition) is 7. The molecule has 1 aliphatic rings. The van der Waals surface area contributed by atoms with Crippen molar-refractivity contribution in [2.75, 3.05) is 6.54 Å². The fraction of sp³-hybridized carbons (Fsp3) is 0.385. The number of phenolic OH excluding ortho intramolecular Hbond substituents is 2. The van der Waals surface area contributed by atoms with Crippen LogP contribution in [0, 0.1) is 0 Å². The summed E-state index contributed by atoms with van der Waals surface area (Å²) in [4.78, 5) is 50.4. The summed E-state index contributed by atoms with van der Waals surface area (Å²) in [6.45, 7) is 2.01. The number of aliphatic carboxylic acids is 1. The van der Waals surface area contributed by atoms with E-state index in [-0.39, 0.29) is 30.2 Å². The summed E-state index contributed by atoms with van der Waals surface area (Å²) in [7, 11) is 0. The molecule has 0 bridgehead atoms. The number of carboxylic acids is 1. The van der Waals surface area contributed by atoms with Crippen LogP contribution in [0.2, 0.25) is 0 Å². The Morgan fingerprint density at radius 1 is 0.838 bits per heavy atom. The van der Waals surface area contributed by atoms with E-state index in [1.807, 2.05) is 0 Å². The van der Waals surface area contributed by atoms with Crippen molar-refractivity contribution in [3.05, 3.63) is 59.7 Å². The Bertz CT molecular complexity index is 1100. The van der Waals surface area contributed by atoms with Gasteiger partial charge >= 0.3 is 5.97 Å². The third-order valence-corrected chi connectivity index (χ3v) is 6.12. The van der Waals surface area contributed by atoms with Gasteiger partial charge in [0.25, 0.3) is 0 Å². The van der Waals surface area contributed by atoms with Gasteiger partial charge in [-0.3, -0.25) is 19.2 Å². The van der Waals surface area contributed by atoms with E-state index < -0.39 is 42.0 Å². The number of amides is 3. The summed E-state index contributed by atoms with van der Waals surface area (Å²) in [6, 6.07) is 8.45. The molecule has 11 heteroatoms. The lowest BCUT2D eigenvalue weighted by Crippen LogP contribution is -2.57. The molecule has 11 nitrogen and oxygen atoms in total. The number of rotatable bonds is 11. The van der Waals surface area contributed by atoms with Gasteiger partial charge in [-0.1, -0.05) is 24.3 Å². The average molecular weight is 513 g/mol. The lowest BCUT2D eigenvalue weighted by Gasteiger charge is -2.25. The highest BCUT2D eigenvalue weighted by Gasteiger charge is 2.31. The molecule has 37 heavy (non-hydrogen) atoms. The van der Waals surface area contributed by atoms with Crippen molar-refractivity contribution in [3.8, 4) is 11.5 Å². The van der Waals surface area contributed by atoms with E-state index in [2.05, 4.69) is 21.3 Å². The molecule has 2 aromatic rings. The molecule has 198 valence electrons. The van der Waals surface area contributed by atoms with Crippen molar-refractivity contribution in [1.29, 1.82) is 0 Å². The number of nitrogens with one attached hydrogen (secondary N) is 4. The van der Waals surface area contributed by atoms with Crippen LogP contribution in [0.1, 0.15) is 30.9 Å². The third-order valence-electron chi connectivity index (χ3n) is 6.12. The van der Waals surface area contributed by atoms with Gasteiger partial charge in [-0.05, 0) is 61.7 Å². The second-order valence-electron chi connectivity index (χ2n) is 9.08. The molecule has 7 N–H and O–H groups in total. The lowest BCUT2D eigenvalue weighted by atomic mass is 10.0. The van der Waals surface area contributed by atoms with E-state index >= 15 is 0 Å². The zero-order valence-corrected chi connectivity index (χ0v) is 20.4. The van der Waals surface area contributed by atoms with Crippen molar-refractivity contribution in [2.24, 2.45) is 0 Å². The molecule has 0 saturated carbocycles. The predicted octanol–water partition coefficient (Wildman–Crippen LogP) is 0.194. The normalized spacial score (nSPS) is 17.3. The number of carboxylic acid groups (broad SMARTS) is 1. The van der Waals surface area contributed by atoms with E-state index in [4.69, 9.17) is 0 Å². The molecule has 1 aliphatic heterocycles. The SMILES string of the molecule is C[C@H](NC(=O)[C@H](Cc1ccc(O)cc1)NC(=O)[C@H](Cc1ccc(O)cc1)NC(=O)[C@@H]1CCCN1)C(=O)O. The average Bonchev–Trinajstić information content (AvgIpc) is 3.41. The molecule has 1 saturated heterocycles. The fourth-order valence-electron chi connectivity index (χ4n) is 3.98. The van der Waals surface area contributed by atoms with Crippen molar-refractivity contribution in [2.45, 2.75) is 56.8 Å². The van der Waals surface area contributed by atoms with Crippen molar-refractivity contribution >= 4 is 23.7 Å². The van der Waals surface area contributed by atoms with Gasteiger partial charge in [-0.2, -0.15) is 0 Å². The Hall–Kier alpha value is -4.12. The van der Waals surface area contributed by atoms with Gasteiger partial charge < -0.3 is 36.6 Å². The second-order valence-corrected chi connectivity index (χ2v) is 9.08. The van der Waals surface area contributed by atoms with Gasteiger partial charge in [0.05, 0.1) is 6.04 Å². The molecule has 0 radical (unpaired) electrons. The number of carbonyl (C=O) groups excluding carboxylic acids is 3. The maximum Gasteiger partial charge on any atom is 0.325 e. The van der Waals surface area contributed by atoms with Gasteiger partial charge in [-0.15, -0.1) is 0 Å². The quantitative estimate of drug-likeness (QED) is 0.223. The molecule has 0 aliphatic carbocycles. The predicted molar refractivity (Wildman–Crippen MR) is 134 cm³/mol. The van der Waals surface area contributed by atoms with Crippen molar-refractivity contribution < 1.29 is 34.5 Å². The minimum absolute atomic E-state index is 0.0221. The Balaban J connectivity index is 1.81. The van der Waals surface area contributed by atoms with Crippen LogP contribution in [0.15, 0.2) is 48.5 Å². The molecule has 4 atom stereocenters. The fourth-order valence-corrected chi connectivity index (χ4v) is 3.98. The highest BCUT2D eigenvalue weighted by Crippen LogP contribution is 2.14. The molecular formula is C26H32N4O7. The van der Waals surface area contributed by atoms with Crippen LogP contribution in [0.4, 0.5) is 0 Å². The summed E-state index contributed by atoms with van der Waals surface area (Å²) in [5, 5.41) is 39.2. The maximum atomic E-state index is 13.4. The van der Waals surface area contributed by atoms with Crippen LogP contribution in [0.3, 0.4) is 0 Å². The minimum atomic E-state index is -1.23. The molecule has 3 amide bonds. The lowest BCUT2D eigenvalue weighted by molar-refractivity contribution is -0.141. The molecular weight excluding hydrogens is 480 g/mol. The number of phenols is 2. The van der Waals surface area contributed by atoms with Crippen LogP contribution in [-0.4, -0.2) is 69.7 Å². The first-order valence-corrected chi connectivity index (χ1v) is 12.1. The number of aromatic hydroxyl groups is 2. The summed E-state index contributed by atoms with van der Waals surface area (Å²) >= 11 is 0. The smallest absolute Gasteiger partial charge is 0.325 e. The number of benzene rings is 2. The molecule has 0 spiro atoms. The van der Waals surface area contributed by atoms with E-state index in [1.165, 1.54) is 31.2 Å². The van der Waals surface area contributed by atoms with Gasteiger partial charge in [0.15, 0.2) is 0 Å². The van der Waals surface area contributed by atoms with E-state index in [0.717, 1.165) is 6.42 Å². The highest BCUT2D eigenvalue weighted by atomic mass is 16.4. The first-order valence-electron chi connectivity index (χ1n) is 12.1. The highest BCUT2D eigenvalue weighted by molar-refractivity contribution is 5.94. The van der Waals surface area contributed by atoms with Gasteiger partial charge in [0.2, 0.25) is 17.7 Å². The summed E-state index contributed by atoms with van der Waals surface area (Å²) in [5.41, 5.74) is 1.30. The molecule has 0 unspecified atom stereocenters. The van der Waals surface area contributed by atoms with Crippen molar-refractivity contribution in [1.82, 2.24) is 21.3 Å². The largest absolute Gasteiger partial charge is 0.508 e. The zero-order chi connectivity index (χ0) is 26.9. The molecule has 2 aromatic carbocycles. The number of hydrogen-bond acceptors (Lipinski definition) is 7. The van der Waals surface area contributed by atoms with Crippen LogP contribution >= 0.6 is 0 Å². The zero-order valence-electron chi connectivity index (χ0n) is 20.4. The Morgan fingerprint density at radius 3 is 1.78 bits per heavy atom. The monoisotopic (exact) mass is 512 g/mol. The Labute approximate surface area is 214 Å². The van der Waals surface area contributed by atoms with Gasteiger partial charge in [0.1, 0.15) is 29.6 Å². The Morgan fingerprint density at radius 2 is 1.32 bits per heavy atom. The second kappa shape index (κ2) is 12.7. The van der Waals surface area contributed by atoms with E-state index in [9.17, 15) is 34.5 Å². The van der Waals surface area contributed by atoms with Crippen LogP contribution in [0.25, 0.3) is 0 Å². The standard InChI is InChI=1S/C26H32N4O7/c1-15(26(36)37)28-24(34)21(13-16-4-8-18(31)9-5-16)30-25(35)22(14-17-6-10-19(32)11-7-17)29-23(33)20-3-2-12-27-20/h4-11,15,20-22,27,31-32H,2-3,12-14H2,1H3,(H,28,34)(H,29,33)(H,30,35)(H,36,37)/t15-,20-,21-,22-/m0/s1.